The summed E-state index contributed by atoms with van der Waals surface area (Å²) in [7, 11) is 3.14. The first-order chi connectivity index (χ1) is 15.2. The fourth-order valence-corrected chi connectivity index (χ4v) is 3.76. The van der Waals surface area contributed by atoms with E-state index >= 15 is 0 Å². The van der Waals surface area contributed by atoms with Gasteiger partial charge < -0.3 is 19.7 Å². The predicted octanol–water partition coefficient (Wildman–Crippen LogP) is 4.40. The molecular weight excluding hydrogens is 392 g/mol. The third-order valence-electron chi connectivity index (χ3n) is 5.41. The second-order valence-corrected chi connectivity index (χ2v) is 7.37. The van der Waals surface area contributed by atoms with Gasteiger partial charge in [0, 0.05) is 42.7 Å². The van der Waals surface area contributed by atoms with E-state index in [1.54, 1.807) is 56.9 Å². The van der Waals surface area contributed by atoms with Crippen LogP contribution in [-0.4, -0.2) is 43.2 Å². The molecule has 0 atom stereocenters. The van der Waals surface area contributed by atoms with Crippen LogP contribution in [0.3, 0.4) is 0 Å². The Kier molecular flexibility index (Phi) is 6.31. The zero-order valence-electron chi connectivity index (χ0n) is 17.8. The highest BCUT2D eigenvalue weighted by Crippen LogP contribution is 2.31. The molecule has 4 rings (SSSR count). The van der Waals surface area contributed by atoms with Crippen LogP contribution < -0.4 is 19.7 Å². The van der Waals surface area contributed by atoms with E-state index in [0.29, 0.717) is 22.7 Å². The highest BCUT2D eigenvalue weighted by molar-refractivity contribution is 6.05. The molecule has 0 aliphatic carbocycles. The maximum atomic E-state index is 12.8. The molecule has 2 aromatic carbocycles. The van der Waals surface area contributed by atoms with Crippen LogP contribution in [-0.2, 0) is 0 Å². The highest BCUT2D eigenvalue weighted by Gasteiger charge is 2.18. The van der Waals surface area contributed by atoms with E-state index in [-0.39, 0.29) is 5.91 Å². The zero-order valence-corrected chi connectivity index (χ0v) is 17.8. The second-order valence-electron chi connectivity index (χ2n) is 7.37. The van der Waals surface area contributed by atoms with Gasteiger partial charge in [0.2, 0.25) is 0 Å². The van der Waals surface area contributed by atoms with Crippen LogP contribution in [0.5, 0.6) is 11.5 Å². The number of hydrogen-bond acceptors (Lipinski definition) is 6. The Labute approximate surface area is 182 Å². The van der Waals surface area contributed by atoms with Crippen molar-refractivity contribution in [1.29, 1.82) is 0 Å². The number of hydrogen-bond donors (Lipinski definition) is 1. The second kappa shape index (κ2) is 9.47. The lowest BCUT2D eigenvalue weighted by molar-refractivity contribution is 0.102. The average Bonchev–Trinajstić information content (AvgIpc) is 2.84. The van der Waals surface area contributed by atoms with Crippen LogP contribution in [0.15, 0.2) is 54.9 Å². The number of anilines is 2. The third-order valence-corrected chi connectivity index (χ3v) is 5.41. The molecular formula is C24H26N4O3. The number of aromatic nitrogens is 2. The first-order valence-corrected chi connectivity index (χ1v) is 10.4. The summed E-state index contributed by atoms with van der Waals surface area (Å²) in [4.78, 5) is 24.3. The number of nitrogens with zero attached hydrogens (tertiary/aromatic N) is 3. The Morgan fingerprint density at radius 1 is 0.935 bits per heavy atom. The van der Waals surface area contributed by atoms with Gasteiger partial charge >= 0.3 is 0 Å². The summed E-state index contributed by atoms with van der Waals surface area (Å²) < 4.78 is 10.6. The molecule has 0 bridgehead atoms. The molecule has 1 aliphatic heterocycles. The van der Waals surface area contributed by atoms with Crippen molar-refractivity contribution in [1.82, 2.24) is 9.97 Å². The first-order valence-electron chi connectivity index (χ1n) is 10.4. The van der Waals surface area contributed by atoms with Crippen molar-refractivity contribution in [3.05, 3.63) is 60.4 Å². The van der Waals surface area contributed by atoms with Gasteiger partial charge in [0.05, 0.1) is 19.9 Å². The van der Waals surface area contributed by atoms with E-state index in [1.165, 1.54) is 19.3 Å². The summed E-state index contributed by atoms with van der Waals surface area (Å²) in [5.74, 6) is 1.88. The van der Waals surface area contributed by atoms with Crippen molar-refractivity contribution in [3.63, 3.8) is 0 Å². The fraction of sp³-hybridized carbons (Fsp3) is 0.292. The number of benzene rings is 2. The lowest BCUT2D eigenvalue weighted by Crippen LogP contribution is -2.30. The molecule has 0 unspecified atom stereocenters. The van der Waals surface area contributed by atoms with Gasteiger partial charge in [-0.05, 0) is 43.5 Å². The van der Waals surface area contributed by atoms with Gasteiger partial charge in [-0.25, -0.2) is 4.98 Å². The first kappa shape index (κ1) is 20.7. The molecule has 160 valence electrons. The van der Waals surface area contributed by atoms with E-state index < -0.39 is 0 Å². The summed E-state index contributed by atoms with van der Waals surface area (Å²) in [5.41, 5.74) is 2.87. The standard InChI is InChI=1S/C24H26N4O3/c1-30-19-10-11-21(31-2)20(16-19)27-24(29)18-8-6-17(7-9-18)22-23(26-13-12-25-22)28-14-4-3-5-15-28/h6-13,16H,3-5,14-15H2,1-2H3,(H,27,29). The molecule has 7 nitrogen and oxygen atoms in total. The summed E-state index contributed by atoms with van der Waals surface area (Å²) in [6, 6.07) is 12.7. The lowest BCUT2D eigenvalue weighted by Gasteiger charge is -2.28. The number of carbonyl (C=O) groups is 1. The molecule has 1 N–H and O–H groups in total. The number of piperidine rings is 1. The molecule has 1 aromatic heterocycles. The molecule has 1 fully saturated rings. The van der Waals surface area contributed by atoms with Crippen molar-refractivity contribution >= 4 is 17.4 Å². The van der Waals surface area contributed by atoms with Gasteiger partial charge in [-0.2, -0.15) is 0 Å². The Hall–Kier alpha value is -3.61. The van der Waals surface area contributed by atoms with Crippen LogP contribution in [0.2, 0.25) is 0 Å². The normalized spacial score (nSPS) is 13.5. The van der Waals surface area contributed by atoms with E-state index in [9.17, 15) is 4.79 Å². The molecule has 1 saturated heterocycles. The van der Waals surface area contributed by atoms with Gasteiger partial charge in [0.15, 0.2) is 5.82 Å². The minimum Gasteiger partial charge on any atom is -0.497 e. The Morgan fingerprint density at radius 3 is 2.39 bits per heavy atom. The van der Waals surface area contributed by atoms with Crippen LogP contribution in [0.25, 0.3) is 11.3 Å². The average molecular weight is 418 g/mol. The van der Waals surface area contributed by atoms with Crippen molar-refractivity contribution in [2.75, 3.05) is 37.5 Å². The van der Waals surface area contributed by atoms with Crippen molar-refractivity contribution in [2.24, 2.45) is 0 Å². The summed E-state index contributed by atoms with van der Waals surface area (Å²) in [6.45, 7) is 1.99. The molecule has 0 spiro atoms. The van der Waals surface area contributed by atoms with Crippen LogP contribution in [0.4, 0.5) is 11.5 Å². The van der Waals surface area contributed by atoms with Crippen LogP contribution >= 0.6 is 0 Å². The minimum atomic E-state index is -0.228. The van der Waals surface area contributed by atoms with Crippen molar-refractivity contribution in [3.8, 4) is 22.8 Å². The van der Waals surface area contributed by atoms with E-state index in [0.717, 1.165) is 30.2 Å². The number of nitrogens with one attached hydrogen (secondary N) is 1. The van der Waals surface area contributed by atoms with Gasteiger partial charge in [-0.15, -0.1) is 0 Å². The molecule has 0 radical (unpaired) electrons. The third kappa shape index (κ3) is 4.60. The largest absolute Gasteiger partial charge is 0.497 e. The minimum absolute atomic E-state index is 0.228. The number of amides is 1. The molecule has 7 heteroatoms. The van der Waals surface area contributed by atoms with Crippen molar-refractivity contribution in [2.45, 2.75) is 19.3 Å². The molecule has 0 saturated carbocycles. The highest BCUT2D eigenvalue weighted by atomic mass is 16.5. The smallest absolute Gasteiger partial charge is 0.255 e. The summed E-state index contributed by atoms with van der Waals surface area (Å²) in [5, 5.41) is 2.89. The molecule has 1 amide bonds. The van der Waals surface area contributed by atoms with Crippen molar-refractivity contribution < 1.29 is 14.3 Å². The van der Waals surface area contributed by atoms with Gasteiger partial charge in [0.1, 0.15) is 17.2 Å². The van der Waals surface area contributed by atoms with E-state index in [2.05, 4.69) is 20.2 Å². The maximum Gasteiger partial charge on any atom is 0.255 e. The fourth-order valence-electron chi connectivity index (χ4n) is 3.76. The maximum absolute atomic E-state index is 12.8. The Morgan fingerprint density at radius 2 is 1.68 bits per heavy atom. The topological polar surface area (TPSA) is 76.6 Å². The van der Waals surface area contributed by atoms with E-state index in [4.69, 9.17) is 9.47 Å². The number of methoxy groups -OCH3 is 2. The number of rotatable bonds is 6. The summed E-state index contributed by atoms with van der Waals surface area (Å²) in [6.07, 6.45) is 7.04. The number of ether oxygens (including phenoxy) is 2. The SMILES string of the molecule is COc1ccc(OC)c(NC(=O)c2ccc(-c3nccnc3N3CCCCC3)cc2)c1. The molecule has 31 heavy (non-hydrogen) atoms. The van der Waals surface area contributed by atoms with E-state index in [1.807, 2.05) is 12.1 Å². The molecule has 1 aliphatic rings. The molecule has 2 heterocycles. The quantitative estimate of drug-likeness (QED) is 0.639. The van der Waals surface area contributed by atoms with Gasteiger partial charge in [0.25, 0.3) is 5.91 Å². The summed E-state index contributed by atoms with van der Waals surface area (Å²) >= 11 is 0. The monoisotopic (exact) mass is 418 g/mol. The Balaban J connectivity index is 1.55. The van der Waals surface area contributed by atoms with Crippen LogP contribution in [0, 0.1) is 0 Å². The zero-order chi connectivity index (χ0) is 21.6. The Bertz CT molecular complexity index is 1050. The van der Waals surface area contributed by atoms with Gasteiger partial charge in [-0.3, -0.25) is 9.78 Å². The number of carbonyl (C=O) groups excluding carboxylic acids is 1. The van der Waals surface area contributed by atoms with Crippen LogP contribution in [0.1, 0.15) is 29.6 Å². The lowest BCUT2D eigenvalue weighted by atomic mass is 10.1. The predicted molar refractivity (Wildman–Crippen MR) is 121 cm³/mol. The molecule has 3 aromatic rings. The van der Waals surface area contributed by atoms with Gasteiger partial charge in [-0.1, -0.05) is 12.1 Å².